The van der Waals surface area contributed by atoms with Gasteiger partial charge in [0.05, 0.1) is 42.1 Å². The third kappa shape index (κ3) is 9.09. The normalized spacial score (nSPS) is 24.5. The number of aromatic hydroxyl groups is 2. The molecule has 0 unspecified atom stereocenters. The van der Waals surface area contributed by atoms with Crippen LogP contribution in [0.2, 0.25) is 0 Å². The molecule has 14 nitrogen and oxygen atoms in total. The Kier molecular flexibility index (Phi) is 16.4. The van der Waals surface area contributed by atoms with Crippen molar-refractivity contribution in [1.82, 2.24) is 11.1 Å². The van der Waals surface area contributed by atoms with E-state index in [1.165, 1.54) is 25.3 Å². The van der Waals surface area contributed by atoms with Crippen LogP contribution in [0.25, 0.3) is 0 Å². The molecular formula is C33H40Cl3N3O11Pt. The summed E-state index contributed by atoms with van der Waals surface area (Å²) in [7, 11) is 11.1. The second kappa shape index (κ2) is 18.9. The number of fused-ring (bicyclic) bond motifs is 3. The SMILES string of the molecule is COc1cccc2c1C(=O)c1c(O)c3c(c(O)c1C2=O)C[C@@](O)(C(=O)CO)C[C@@H]3O[C@H]1C[C@H](N)[C@H](O)[C@H](C)O1.Cc1ccccn1.Cl.N.[Cl][Pt][Cl]. The van der Waals surface area contributed by atoms with Crippen molar-refractivity contribution >= 4 is 48.6 Å². The number of benzene rings is 2. The number of Topliss-reactive ketones (excluding diaryl/α,β-unsaturated/α-hetero) is 1. The molecule has 2 aromatic carbocycles. The molecule has 2 aliphatic carbocycles. The van der Waals surface area contributed by atoms with Crippen LogP contribution in [0.15, 0.2) is 42.6 Å². The number of nitrogens with zero attached hydrogens (tertiary/aromatic N) is 1. The quantitative estimate of drug-likeness (QED) is 0.142. The number of ether oxygens (including phenoxy) is 3. The van der Waals surface area contributed by atoms with Gasteiger partial charge in [-0.1, -0.05) is 18.2 Å². The Hall–Kier alpha value is -2.72. The van der Waals surface area contributed by atoms with Gasteiger partial charge in [0.15, 0.2) is 17.9 Å². The van der Waals surface area contributed by atoms with Gasteiger partial charge in [0.25, 0.3) is 0 Å². The van der Waals surface area contributed by atoms with Gasteiger partial charge in [-0.25, -0.2) is 0 Å². The molecule has 18 heteroatoms. The molecule has 2 heterocycles. The van der Waals surface area contributed by atoms with Crippen molar-refractivity contribution in [1.29, 1.82) is 0 Å². The van der Waals surface area contributed by atoms with E-state index in [1.54, 1.807) is 13.1 Å². The first-order chi connectivity index (χ1) is 23.2. The van der Waals surface area contributed by atoms with E-state index in [2.05, 4.69) is 4.98 Å². The summed E-state index contributed by atoms with van der Waals surface area (Å²) in [4.78, 5) is 43.7. The zero-order valence-electron chi connectivity index (χ0n) is 27.7. The van der Waals surface area contributed by atoms with Crippen molar-refractivity contribution in [2.45, 2.75) is 69.4 Å². The van der Waals surface area contributed by atoms with Crippen molar-refractivity contribution in [2.24, 2.45) is 5.73 Å². The van der Waals surface area contributed by atoms with Gasteiger partial charge in [-0.05, 0) is 32.0 Å². The van der Waals surface area contributed by atoms with Crippen LogP contribution in [0.4, 0.5) is 0 Å². The Bertz CT molecular complexity index is 1710. The number of rotatable bonds is 5. The Labute approximate surface area is 316 Å². The molecule has 284 valence electrons. The van der Waals surface area contributed by atoms with E-state index in [4.69, 9.17) is 38.8 Å². The van der Waals surface area contributed by atoms with Crippen molar-refractivity contribution < 1.29 is 70.6 Å². The molecule has 0 radical (unpaired) electrons. The minimum absolute atomic E-state index is 0. The Morgan fingerprint density at radius 3 is 2.27 bits per heavy atom. The van der Waals surface area contributed by atoms with Gasteiger partial charge in [0.1, 0.15) is 29.5 Å². The number of nitrogens with two attached hydrogens (primary N) is 1. The molecule has 0 saturated carbocycles. The monoisotopic (exact) mass is 954 g/mol. The molecule has 10 N–H and O–H groups in total. The first-order valence-electron chi connectivity index (χ1n) is 14.9. The van der Waals surface area contributed by atoms with Crippen molar-refractivity contribution in [2.75, 3.05) is 13.7 Å². The average molecular weight is 956 g/mol. The van der Waals surface area contributed by atoms with Gasteiger partial charge < -0.3 is 51.6 Å². The van der Waals surface area contributed by atoms with E-state index in [0.29, 0.717) is 0 Å². The van der Waals surface area contributed by atoms with Gasteiger partial charge in [-0.2, -0.15) is 0 Å². The van der Waals surface area contributed by atoms with Gasteiger partial charge in [-0.15, -0.1) is 12.4 Å². The molecule has 0 spiro atoms. The van der Waals surface area contributed by atoms with E-state index >= 15 is 0 Å². The number of phenols is 2. The third-order valence-corrected chi connectivity index (χ3v) is 8.62. The molecule has 1 fully saturated rings. The molecule has 0 bridgehead atoms. The number of phenolic OH excluding ortho intramolecular Hbond substituents is 2. The van der Waals surface area contributed by atoms with Crippen molar-refractivity contribution in [3.63, 3.8) is 0 Å². The number of carbonyl (C=O) groups excluding carboxylic acids is 3. The number of pyridine rings is 1. The second-order valence-electron chi connectivity index (χ2n) is 11.7. The molecule has 0 amide bonds. The number of aromatic nitrogens is 1. The van der Waals surface area contributed by atoms with E-state index < -0.39 is 112 Å². The molecule has 1 saturated heterocycles. The summed E-state index contributed by atoms with van der Waals surface area (Å²) in [6.07, 6.45) is -3.34. The molecule has 3 aromatic rings. The van der Waals surface area contributed by atoms with Crippen molar-refractivity contribution in [3.8, 4) is 17.2 Å². The second-order valence-corrected chi connectivity index (χ2v) is 15.0. The summed E-state index contributed by atoms with van der Waals surface area (Å²) >= 11 is -0.472. The topological polar surface area (TPSA) is 254 Å². The maximum absolute atomic E-state index is 13.6. The number of aryl methyl sites for hydroxylation is 1. The summed E-state index contributed by atoms with van der Waals surface area (Å²) in [6, 6.07) is 9.49. The zero-order chi connectivity index (χ0) is 36.2. The molecular weight excluding hydrogens is 916 g/mol. The first kappa shape index (κ1) is 44.4. The number of aliphatic hydroxyl groups excluding tert-OH is 2. The van der Waals surface area contributed by atoms with Crippen LogP contribution < -0.4 is 16.6 Å². The molecule has 6 atom stereocenters. The summed E-state index contributed by atoms with van der Waals surface area (Å²) < 4.78 is 17.0. The number of halogens is 3. The molecule has 51 heavy (non-hydrogen) atoms. The number of aliphatic hydroxyl groups is 3. The number of hydrogen-bond donors (Lipinski definition) is 7. The fourth-order valence-corrected chi connectivity index (χ4v) is 6.20. The van der Waals surface area contributed by atoms with E-state index in [1.807, 2.05) is 25.1 Å². The summed E-state index contributed by atoms with van der Waals surface area (Å²) in [5, 5.41) is 53.7. The zero-order valence-corrected chi connectivity index (χ0v) is 32.3. The van der Waals surface area contributed by atoms with Crippen LogP contribution >= 0.6 is 31.2 Å². The van der Waals surface area contributed by atoms with Crippen LogP contribution in [-0.4, -0.2) is 91.7 Å². The molecule has 3 aliphatic rings. The molecule has 1 aromatic heterocycles. The number of hydrogen-bond acceptors (Lipinski definition) is 14. The summed E-state index contributed by atoms with van der Waals surface area (Å²) in [5.74, 6) is -3.77. The van der Waals surface area contributed by atoms with Crippen LogP contribution in [0.5, 0.6) is 17.2 Å². The van der Waals surface area contributed by atoms with E-state index in [9.17, 15) is 39.9 Å². The number of ketones is 3. The van der Waals surface area contributed by atoms with Gasteiger partial charge in [0, 0.05) is 53.9 Å². The van der Waals surface area contributed by atoms with Gasteiger partial charge >= 0.3 is 35.3 Å². The molecule has 6 rings (SSSR count). The number of methoxy groups -OCH3 is 1. The van der Waals surface area contributed by atoms with Crippen LogP contribution in [0, 0.1) is 6.92 Å². The van der Waals surface area contributed by atoms with Crippen molar-refractivity contribution in [3.05, 3.63) is 81.7 Å². The maximum atomic E-state index is 13.6. The average Bonchev–Trinajstić information content (AvgIpc) is 3.07. The Morgan fingerprint density at radius 1 is 1.10 bits per heavy atom. The van der Waals surface area contributed by atoms with Crippen LogP contribution in [0.1, 0.15) is 74.5 Å². The van der Waals surface area contributed by atoms with Crippen LogP contribution in [0.3, 0.4) is 0 Å². The molecule has 1 aliphatic heterocycles. The fraction of sp³-hybridized carbons (Fsp3) is 0.394. The fourth-order valence-electron chi connectivity index (χ4n) is 6.20. The Balaban J connectivity index is 0.000000656. The first-order valence-corrected chi connectivity index (χ1v) is 20.6. The van der Waals surface area contributed by atoms with Gasteiger partial charge in [-0.3, -0.25) is 19.4 Å². The van der Waals surface area contributed by atoms with E-state index in [-0.39, 0.29) is 53.0 Å². The standard InChI is InChI=1S/C27H29NO11.C6H7N.3ClH.H3N.Pt/c1-10-22(31)13(28)6-17(38-10)39-15-8-27(36,16(30)9-29)7-12-19(15)26(35)21-20(24(12)33)23(32)11-4-3-5-14(37-2)18(11)25(21)34;1-6-4-2-3-5-7-6;;;;;/h3-5,10,13,15,17,22,29,31,33,35-36H,6-9,28H2,1-2H3;2-5H,1H3;3*1H;1H3;/q;;;;;;+2/p-2/t10-,13-,15-,17-,22+,27-;;;;;;/m0....../s1. The predicted molar refractivity (Wildman–Crippen MR) is 185 cm³/mol. The Morgan fingerprint density at radius 2 is 1.75 bits per heavy atom. The van der Waals surface area contributed by atoms with Crippen LogP contribution in [-0.2, 0) is 37.2 Å². The number of carbonyl (C=O) groups is 3. The summed E-state index contributed by atoms with van der Waals surface area (Å²) in [5.41, 5.74) is 3.45. The van der Waals surface area contributed by atoms with Gasteiger partial charge in [0.2, 0.25) is 5.78 Å². The summed E-state index contributed by atoms with van der Waals surface area (Å²) in [6.45, 7) is 2.53. The minimum atomic E-state index is -2.24. The van der Waals surface area contributed by atoms with E-state index in [0.717, 1.165) is 5.69 Å². The predicted octanol–water partition coefficient (Wildman–Crippen LogP) is 3.35. The third-order valence-electron chi connectivity index (χ3n) is 8.62.